The number of hydrogen-bond acceptors (Lipinski definition) is 3. The fraction of sp³-hybridized carbons (Fsp3) is 0.429. The van der Waals surface area contributed by atoms with Crippen LogP contribution < -0.4 is 10.6 Å². The highest BCUT2D eigenvalue weighted by Gasteiger charge is 2.34. The molecule has 0 bridgehead atoms. The van der Waals surface area contributed by atoms with Crippen LogP contribution in [0.3, 0.4) is 0 Å². The predicted octanol–water partition coefficient (Wildman–Crippen LogP) is 8.36. The molecule has 2 amide bonds. The molecule has 0 saturated carbocycles. The number of benzene rings is 3. The molecule has 214 valence electrons. The first kappa shape index (κ1) is 31.1. The minimum Gasteiger partial charge on any atom is -0.380 e. The Morgan fingerprint density at radius 2 is 1.40 bits per heavy atom. The van der Waals surface area contributed by atoms with Gasteiger partial charge in [-0.25, -0.2) is 0 Å². The lowest BCUT2D eigenvalue weighted by molar-refractivity contribution is -0.135. The zero-order valence-corrected chi connectivity index (χ0v) is 25.2. The van der Waals surface area contributed by atoms with Crippen LogP contribution in [0, 0.1) is 0 Å². The maximum Gasteiger partial charge on any atom is 0.256 e. The largest absolute Gasteiger partial charge is 0.380 e. The molecule has 3 N–H and O–H groups in total. The Bertz CT molecular complexity index is 1250. The second-order valence-electron chi connectivity index (χ2n) is 11.5. The van der Waals surface area contributed by atoms with Crippen LogP contribution in [0.25, 0.3) is 11.1 Å². The Kier molecular flexibility index (Phi) is 10.7. The standard InChI is InChI=1S/C35H46N2O3/c1-8-10-20-35(40,9-2)34(39)37-32-30(23(3)4)21-29(22-31(32)24(5)6)27-16-18-28(19-17-27)33(38)36-25(7)26-14-12-11-13-15-26/h11-19,21-25,40H,8-10,20H2,1-7H3,(H,36,38)(H,37,39)/t25-,35+/m1/s1. The molecule has 0 heterocycles. The molecule has 0 aromatic heterocycles. The van der Waals surface area contributed by atoms with Gasteiger partial charge >= 0.3 is 0 Å². The quantitative estimate of drug-likeness (QED) is 0.215. The Morgan fingerprint density at radius 1 is 0.825 bits per heavy atom. The van der Waals surface area contributed by atoms with Gasteiger partial charge in [-0.1, -0.05) is 96.8 Å². The molecule has 0 saturated heterocycles. The lowest BCUT2D eigenvalue weighted by Gasteiger charge is -2.28. The normalized spacial score (nSPS) is 13.7. The number of carbonyl (C=O) groups is 2. The molecule has 5 heteroatoms. The Hall–Kier alpha value is -3.44. The van der Waals surface area contributed by atoms with Crippen molar-refractivity contribution in [2.45, 2.75) is 97.6 Å². The van der Waals surface area contributed by atoms with Gasteiger partial charge in [0.25, 0.3) is 11.8 Å². The molecule has 0 aliphatic rings. The molecule has 0 spiro atoms. The van der Waals surface area contributed by atoms with E-state index in [4.69, 9.17) is 0 Å². The summed E-state index contributed by atoms with van der Waals surface area (Å²) in [6, 6.07) is 21.7. The smallest absolute Gasteiger partial charge is 0.256 e. The number of anilines is 1. The number of amides is 2. The molecule has 2 atom stereocenters. The molecular weight excluding hydrogens is 496 g/mol. The second-order valence-corrected chi connectivity index (χ2v) is 11.5. The molecule has 3 aromatic rings. The topological polar surface area (TPSA) is 78.4 Å². The highest BCUT2D eigenvalue weighted by atomic mass is 16.3. The SMILES string of the molecule is CCCC[C@@](O)(CC)C(=O)Nc1c(C(C)C)cc(-c2ccc(C(=O)N[C@H](C)c3ccccc3)cc2)cc1C(C)C. The van der Waals surface area contributed by atoms with Crippen LogP contribution >= 0.6 is 0 Å². The lowest BCUT2D eigenvalue weighted by Crippen LogP contribution is -2.42. The van der Waals surface area contributed by atoms with Crippen LogP contribution in [0.2, 0.25) is 0 Å². The molecule has 40 heavy (non-hydrogen) atoms. The summed E-state index contributed by atoms with van der Waals surface area (Å²) in [5.41, 5.74) is 5.18. The van der Waals surface area contributed by atoms with Crippen molar-refractivity contribution < 1.29 is 14.7 Å². The van der Waals surface area contributed by atoms with Crippen LogP contribution in [-0.2, 0) is 4.79 Å². The van der Waals surface area contributed by atoms with Crippen LogP contribution in [0.5, 0.6) is 0 Å². The first-order valence-corrected chi connectivity index (χ1v) is 14.7. The van der Waals surface area contributed by atoms with E-state index in [1.807, 2.05) is 68.4 Å². The fourth-order valence-electron chi connectivity index (χ4n) is 4.98. The van der Waals surface area contributed by atoms with E-state index in [0.29, 0.717) is 18.4 Å². The van der Waals surface area contributed by atoms with Gasteiger partial charge in [0.05, 0.1) is 6.04 Å². The Labute approximate surface area is 240 Å². The summed E-state index contributed by atoms with van der Waals surface area (Å²) in [4.78, 5) is 26.3. The van der Waals surface area contributed by atoms with Crippen molar-refractivity contribution in [3.63, 3.8) is 0 Å². The van der Waals surface area contributed by atoms with Gasteiger partial charge in [0.15, 0.2) is 0 Å². The highest BCUT2D eigenvalue weighted by molar-refractivity contribution is 5.99. The molecule has 0 unspecified atom stereocenters. The number of carbonyl (C=O) groups excluding carboxylic acids is 2. The summed E-state index contributed by atoms with van der Waals surface area (Å²) in [7, 11) is 0. The van der Waals surface area contributed by atoms with Crippen LogP contribution in [-0.4, -0.2) is 22.5 Å². The number of aliphatic hydroxyl groups is 1. The third-order valence-corrected chi connectivity index (χ3v) is 7.76. The van der Waals surface area contributed by atoms with Crippen molar-refractivity contribution in [2.24, 2.45) is 0 Å². The van der Waals surface area contributed by atoms with E-state index in [9.17, 15) is 14.7 Å². The van der Waals surface area contributed by atoms with Crippen LogP contribution in [0.15, 0.2) is 66.7 Å². The molecule has 5 nitrogen and oxygen atoms in total. The van der Waals surface area contributed by atoms with Crippen molar-refractivity contribution in [1.82, 2.24) is 5.32 Å². The molecule has 3 aromatic carbocycles. The van der Waals surface area contributed by atoms with E-state index in [0.717, 1.165) is 46.3 Å². The van der Waals surface area contributed by atoms with Crippen molar-refractivity contribution in [2.75, 3.05) is 5.32 Å². The zero-order chi connectivity index (χ0) is 29.4. The Balaban J connectivity index is 1.91. The Morgan fingerprint density at radius 3 is 1.90 bits per heavy atom. The summed E-state index contributed by atoms with van der Waals surface area (Å²) in [5, 5.41) is 17.3. The minimum atomic E-state index is -1.38. The van der Waals surface area contributed by atoms with Crippen molar-refractivity contribution in [1.29, 1.82) is 0 Å². The van der Waals surface area contributed by atoms with Gasteiger partial charge in [0.2, 0.25) is 0 Å². The second kappa shape index (κ2) is 13.8. The first-order valence-electron chi connectivity index (χ1n) is 14.7. The highest BCUT2D eigenvalue weighted by Crippen LogP contribution is 2.38. The van der Waals surface area contributed by atoms with Crippen molar-refractivity contribution >= 4 is 17.5 Å². The summed E-state index contributed by atoms with van der Waals surface area (Å²) in [5.74, 6) is -0.136. The fourth-order valence-corrected chi connectivity index (χ4v) is 4.98. The van der Waals surface area contributed by atoms with Crippen molar-refractivity contribution in [3.05, 3.63) is 89.0 Å². The van der Waals surface area contributed by atoms with E-state index in [2.05, 4.69) is 57.4 Å². The average Bonchev–Trinajstić information content (AvgIpc) is 2.96. The number of nitrogens with one attached hydrogen (secondary N) is 2. The van der Waals surface area contributed by atoms with Crippen LogP contribution in [0.4, 0.5) is 5.69 Å². The summed E-state index contributed by atoms with van der Waals surface area (Å²) in [6.45, 7) is 14.4. The third-order valence-electron chi connectivity index (χ3n) is 7.76. The van der Waals surface area contributed by atoms with Gasteiger partial charge in [-0.05, 0) is 83.7 Å². The summed E-state index contributed by atoms with van der Waals surface area (Å²) >= 11 is 0. The van der Waals surface area contributed by atoms with Gasteiger partial charge in [-0.2, -0.15) is 0 Å². The maximum atomic E-state index is 13.3. The van der Waals surface area contributed by atoms with Gasteiger partial charge < -0.3 is 15.7 Å². The minimum absolute atomic E-state index is 0.0920. The average molecular weight is 543 g/mol. The molecule has 0 fully saturated rings. The summed E-state index contributed by atoms with van der Waals surface area (Å²) < 4.78 is 0. The van der Waals surface area contributed by atoms with E-state index >= 15 is 0 Å². The van der Waals surface area contributed by atoms with Gasteiger partial charge in [-0.3, -0.25) is 9.59 Å². The number of hydrogen-bond donors (Lipinski definition) is 3. The van der Waals surface area contributed by atoms with E-state index < -0.39 is 5.60 Å². The van der Waals surface area contributed by atoms with Gasteiger partial charge in [-0.15, -0.1) is 0 Å². The molecule has 0 aliphatic carbocycles. The van der Waals surface area contributed by atoms with E-state index in [1.54, 1.807) is 0 Å². The number of rotatable bonds is 12. The monoisotopic (exact) mass is 542 g/mol. The molecular formula is C35H46N2O3. The van der Waals surface area contributed by atoms with Crippen molar-refractivity contribution in [3.8, 4) is 11.1 Å². The first-order chi connectivity index (χ1) is 19.0. The van der Waals surface area contributed by atoms with Gasteiger partial charge in [0, 0.05) is 11.3 Å². The van der Waals surface area contributed by atoms with Gasteiger partial charge in [0.1, 0.15) is 5.60 Å². The third kappa shape index (κ3) is 7.39. The molecule has 0 aliphatic heterocycles. The zero-order valence-electron chi connectivity index (χ0n) is 25.2. The molecule has 3 rings (SSSR count). The number of unbranched alkanes of at least 4 members (excludes halogenated alkanes) is 1. The maximum absolute atomic E-state index is 13.3. The van der Waals surface area contributed by atoms with Crippen LogP contribution in [0.1, 0.15) is 119 Å². The lowest BCUT2D eigenvalue weighted by atomic mass is 9.87. The van der Waals surface area contributed by atoms with E-state index in [-0.39, 0.29) is 29.7 Å². The predicted molar refractivity (Wildman–Crippen MR) is 166 cm³/mol. The molecule has 0 radical (unpaired) electrons. The van der Waals surface area contributed by atoms with E-state index in [1.165, 1.54) is 0 Å². The summed E-state index contributed by atoms with van der Waals surface area (Å²) in [6.07, 6.45) is 2.53.